The van der Waals surface area contributed by atoms with Crippen LogP contribution in [0.3, 0.4) is 0 Å². The van der Waals surface area contributed by atoms with Gasteiger partial charge in [0.25, 0.3) is 0 Å². The summed E-state index contributed by atoms with van der Waals surface area (Å²) in [6.45, 7) is 11.9. The van der Waals surface area contributed by atoms with Crippen molar-refractivity contribution in [3.63, 3.8) is 0 Å². The number of piperidine rings is 1. The van der Waals surface area contributed by atoms with Crippen LogP contribution in [0.5, 0.6) is 0 Å². The van der Waals surface area contributed by atoms with Crippen LogP contribution >= 0.6 is 24.0 Å². The number of nitrogens with zero attached hydrogens (tertiary/aromatic N) is 4. The summed E-state index contributed by atoms with van der Waals surface area (Å²) in [6, 6.07) is 2.90. The van der Waals surface area contributed by atoms with E-state index in [0.717, 1.165) is 43.8 Å². The van der Waals surface area contributed by atoms with Crippen LogP contribution in [0.15, 0.2) is 11.1 Å². The Morgan fingerprint density at radius 2 is 1.89 bits per heavy atom. The van der Waals surface area contributed by atoms with E-state index in [1.807, 2.05) is 14.0 Å². The molecule has 2 rings (SSSR count). The van der Waals surface area contributed by atoms with Gasteiger partial charge in [-0.2, -0.15) is 5.10 Å². The molecule has 0 radical (unpaired) electrons. The molecule has 1 aliphatic rings. The Labute approximate surface area is 182 Å². The quantitative estimate of drug-likeness (QED) is 0.241. The molecule has 2 N–H and O–H groups in total. The standard InChI is InChI=1S/C20H38N6.HI/c1-17-16-19(3)26(24-17)15-9-12-23-20(21-4)22-11-6-8-14-25-13-7-5-10-18(25)2;/h16,18H,5-15H2,1-4H3,(H2,21,22,23);1H. The molecule has 0 aromatic carbocycles. The highest BCUT2D eigenvalue weighted by Gasteiger charge is 2.16. The lowest BCUT2D eigenvalue weighted by molar-refractivity contribution is 0.158. The topological polar surface area (TPSA) is 57.5 Å². The van der Waals surface area contributed by atoms with E-state index in [0.29, 0.717) is 0 Å². The third-order valence-corrected chi connectivity index (χ3v) is 5.27. The molecule has 1 atom stereocenters. The second kappa shape index (κ2) is 13.4. The Morgan fingerprint density at radius 3 is 2.52 bits per heavy atom. The first-order chi connectivity index (χ1) is 12.6. The molecule has 7 heteroatoms. The van der Waals surface area contributed by atoms with E-state index in [1.165, 1.54) is 50.9 Å². The van der Waals surface area contributed by atoms with Crippen molar-refractivity contribution >= 4 is 29.9 Å². The zero-order valence-corrected chi connectivity index (χ0v) is 20.0. The molecule has 1 aromatic heterocycles. The third kappa shape index (κ3) is 8.81. The van der Waals surface area contributed by atoms with Crippen molar-refractivity contribution in [3.05, 3.63) is 17.5 Å². The van der Waals surface area contributed by atoms with Gasteiger partial charge in [0, 0.05) is 38.4 Å². The van der Waals surface area contributed by atoms with Gasteiger partial charge in [-0.1, -0.05) is 6.42 Å². The third-order valence-electron chi connectivity index (χ3n) is 5.27. The molecule has 27 heavy (non-hydrogen) atoms. The number of aryl methyl sites for hydroxylation is 3. The summed E-state index contributed by atoms with van der Waals surface area (Å²) in [4.78, 5) is 6.96. The van der Waals surface area contributed by atoms with Crippen molar-refractivity contribution in [2.24, 2.45) is 4.99 Å². The predicted octanol–water partition coefficient (Wildman–Crippen LogP) is 3.33. The minimum absolute atomic E-state index is 0. The molecule has 6 nitrogen and oxygen atoms in total. The van der Waals surface area contributed by atoms with Crippen LogP contribution in [0, 0.1) is 13.8 Å². The van der Waals surface area contributed by atoms with E-state index in [1.54, 1.807) is 0 Å². The number of aliphatic imine (C=N–C) groups is 1. The number of nitrogens with one attached hydrogen (secondary N) is 2. The molecule has 1 aromatic rings. The lowest BCUT2D eigenvalue weighted by Crippen LogP contribution is -2.39. The van der Waals surface area contributed by atoms with E-state index >= 15 is 0 Å². The van der Waals surface area contributed by atoms with Crippen molar-refractivity contribution in [2.45, 2.75) is 71.9 Å². The van der Waals surface area contributed by atoms with Crippen molar-refractivity contribution in [1.82, 2.24) is 25.3 Å². The van der Waals surface area contributed by atoms with E-state index < -0.39 is 0 Å². The number of unbranched alkanes of at least 4 members (excludes halogenated alkanes) is 1. The molecule has 156 valence electrons. The molecule has 0 saturated carbocycles. The lowest BCUT2D eigenvalue weighted by atomic mass is 10.0. The zero-order valence-electron chi connectivity index (χ0n) is 17.6. The molecule has 2 heterocycles. The van der Waals surface area contributed by atoms with Crippen LogP contribution in [0.4, 0.5) is 0 Å². The van der Waals surface area contributed by atoms with Gasteiger partial charge < -0.3 is 15.5 Å². The number of rotatable bonds is 9. The lowest BCUT2D eigenvalue weighted by Gasteiger charge is -2.33. The molecule has 1 saturated heterocycles. The van der Waals surface area contributed by atoms with Gasteiger partial charge in [0.2, 0.25) is 0 Å². The summed E-state index contributed by atoms with van der Waals surface area (Å²) in [6.07, 6.45) is 7.63. The van der Waals surface area contributed by atoms with E-state index in [4.69, 9.17) is 0 Å². The maximum Gasteiger partial charge on any atom is 0.190 e. The fourth-order valence-electron chi connectivity index (χ4n) is 3.69. The summed E-state index contributed by atoms with van der Waals surface area (Å²) in [5.41, 5.74) is 2.32. The second-order valence-electron chi connectivity index (χ2n) is 7.52. The Kier molecular flexibility index (Phi) is 12.0. The number of guanidine groups is 1. The second-order valence-corrected chi connectivity index (χ2v) is 7.52. The summed E-state index contributed by atoms with van der Waals surface area (Å²) < 4.78 is 2.08. The Morgan fingerprint density at radius 1 is 1.15 bits per heavy atom. The molecule has 0 spiro atoms. The highest BCUT2D eigenvalue weighted by Crippen LogP contribution is 2.16. The first-order valence-corrected chi connectivity index (χ1v) is 10.3. The monoisotopic (exact) mass is 490 g/mol. The molecular weight excluding hydrogens is 451 g/mol. The summed E-state index contributed by atoms with van der Waals surface area (Å²) in [5.74, 6) is 0.907. The largest absolute Gasteiger partial charge is 0.356 e. The number of hydrogen-bond donors (Lipinski definition) is 2. The van der Waals surface area contributed by atoms with Gasteiger partial charge in [-0.15, -0.1) is 24.0 Å². The molecule has 0 amide bonds. The molecular formula is C20H39IN6. The van der Waals surface area contributed by atoms with E-state index in [2.05, 4.69) is 50.2 Å². The summed E-state index contributed by atoms with van der Waals surface area (Å²) in [7, 11) is 1.84. The number of likely N-dealkylation sites (tertiary alicyclic amines) is 1. The Balaban J connectivity index is 0.00000364. The van der Waals surface area contributed by atoms with Crippen molar-refractivity contribution < 1.29 is 0 Å². The molecule has 1 aliphatic heterocycles. The van der Waals surface area contributed by atoms with Gasteiger partial charge in [-0.25, -0.2) is 0 Å². The maximum absolute atomic E-state index is 4.50. The van der Waals surface area contributed by atoms with Crippen LogP contribution in [-0.2, 0) is 6.54 Å². The van der Waals surface area contributed by atoms with Crippen molar-refractivity contribution in [3.8, 4) is 0 Å². The fourth-order valence-corrected chi connectivity index (χ4v) is 3.69. The summed E-state index contributed by atoms with van der Waals surface area (Å²) in [5, 5.41) is 11.3. The number of aromatic nitrogens is 2. The van der Waals surface area contributed by atoms with Crippen LogP contribution in [0.2, 0.25) is 0 Å². The Bertz CT molecular complexity index is 557. The van der Waals surface area contributed by atoms with Crippen LogP contribution in [-0.4, -0.2) is 59.9 Å². The molecule has 0 aliphatic carbocycles. The van der Waals surface area contributed by atoms with Gasteiger partial charge >= 0.3 is 0 Å². The first-order valence-electron chi connectivity index (χ1n) is 10.3. The van der Waals surface area contributed by atoms with Crippen LogP contribution < -0.4 is 10.6 Å². The average Bonchev–Trinajstić information content (AvgIpc) is 2.95. The number of halogens is 1. The highest BCUT2D eigenvalue weighted by molar-refractivity contribution is 14.0. The van der Waals surface area contributed by atoms with E-state index in [9.17, 15) is 0 Å². The maximum atomic E-state index is 4.50. The summed E-state index contributed by atoms with van der Waals surface area (Å²) >= 11 is 0. The van der Waals surface area contributed by atoms with Gasteiger partial charge in [0.05, 0.1) is 5.69 Å². The smallest absolute Gasteiger partial charge is 0.190 e. The Hall–Kier alpha value is -0.830. The SMILES string of the molecule is CN=C(NCCCCN1CCCCC1C)NCCCn1nc(C)cc1C.I. The van der Waals surface area contributed by atoms with Gasteiger partial charge in [0.1, 0.15) is 0 Å². The minimum Gasteiger partial charge on any atom is -0.356 e. The molecule has 0 bridgehead atoms. The van der Waals surface area contributed by atoms with E-state index in [-0.39, 0.29) is 24.0 Å². The first kappa shape index (κ1) is 24.2. The predicted molar refractivity (Wildman–Crippen MR) is 125 cm³/mol. The average molecular weight is 490 g/mol. The normalized spacial score (nSPS) is 18.2. The molecule has 1 fully saturated rings. The van der Waals surface area contributed by atoms with Crippen LogP contribution in [0.25, 0.3) is 0 Å². The fraction of sp³-hybridized carbons (Fsp3) is 0.800. The van der Waals surface area contributed by atoms with Crippen molar-refractivity contribution in [1.29, 1.82) is 0 Å². The number of hydrogen-bond acceptors (Lipinski definition) is 3. The minimum atomic E-state index is 0. The zero-order chi connectivity index (χ0) is 18.8. The highest BCUT2D eigenvalue weighted by atomic mass is 127. The van der Waals surface area contributed by atoms with Crippen molar-refractivity contribution in [2.75, 3.05) is 33.2 Å². The van der Waals surface area contributed by atoms with Gasteiger partial charge in [-0.05, 0) is 72.0 Å². The molecule has 1 unspecified atom stereocenters. The van der Waals surface area contributed by atoms with Gasteiger partial charge in [-0.3, -0.25) is 9.67 Å². The van der Waals surface area contributed by atoms with Crippen LogP contribution in [0.1, 0.15) is 56.8 Å². The van der Waals surface area contributed by atoms with Gasteiger partial charge in [0.15, 0.2) is 5.96 Å².